The monoisotopic (exact) mass is 346 g/mol. The Balaban J connectivity index is 1.69. The summed E-state index contributed by atoms with van der Waals surface area (Å²) in [6.07, 6.45) is 3.38. The molecule has 1 aliphatic rings. The molecule has 0 fully saturated rings. The molecule has 0 bridgehead atoms. The second-order valence-electron chi connectivity index (χ2n) is 6.84. The van der Waals surface area contributed by atoms with Crippen LogP contribution >= 0.6 is 0 Å². The van der Waals surface area contributed by atoms with E-state index in [0.717, 1.165) is 25.4 Å². The molecule has 0 spiro atoms. The predicted octanol–water partition coefficient (Wildman–Crippen LogP) is 4.88. The zero-order chi connectivity index (χ0) is 17.8. The van der Waals surface area contributed by atoms with Gasteiger partial charge < -0.3 is 9.30 Å². The van der Waals surface area contributed by atoms with Crippen molar-refractivity contribution in [2.24, 2.45) is 0 Å². The fourth-order valence-electron chi connectivity index (χ4n) is 3.92. The van der Waals surface area contributed by atoms with Crippen LogP contribution in [0.1, 0.15) is 36.2 Å². The summed E-state index contributed by atoms with van der Waals surface area (Å²) in [6, 6.07) is 24.1. The highest BCUT2D eigenvalue weighted by atomic mass is 16.5. The Bertz CT molecular complexity index is 823. The van der Waals surface area contributed by atoms with Crippen LogP contribution in [0.2, 0.25) is 0 Å². The third kappa shape index (κ3) is 3.54. The Morgan fingerprint density at radius 1 is 0.923 bits per heavy atom. The van der Waals surface area contributed by atoms with Crippen molar-refractivity contribution < 1.29 is 4.74 Å². The van der Waals surface area contributed by atoms with Crippen LogP contribution in [0.5, 0.6) is 5.75 Å². The lowest BCUT2D eigenvalue weighted by Crippen LogP contribution is -2.29. The molecule has 3 nitrogen and oxygen atoms in total. The molecule has 0 saturated carbocycles. The van der Waals surface area contributed by atoms with Gasteiger partial charge in [0, 0.05) is 31.5 Å². The maximum atomic E-state index is 5.63. The zero-order valence-corrected chi connectivity index (χ0v) is 15.3. The van der Waals surface area contributed by atoms with E-state index in [0.29, 0.717) is 6.61 Å². The summed E-state index contributed by atoms with van der Waals surface area (Å²) in [4.78, 5) is 2.60. The van der Waals surface area contributed by atoms with E-state index in [2.05, 4.69) is 82.4 Å². The number of hydrogen-bond donors (Lipinski definition) is 0. The SMILES string of the molecule is CCOc1ccc([C@@H]2c3cccn3CCCN2Cc2ccccc2)cc1. The highest BCUT2D eigenvalue weighted by Crippen LogP contribution is 2.33. The van der Waals surface area contributed by atoms with Gasteiger partial charge in [0.1, 0.15) is 5.75 Å². The number of rotatable bonds is 5. The van der Waals surface area contributed by atoms with Gasteiger partial charge in [0.15, 0.2) is 0 Å². The van der Waals surface area contributed by atoms with E-state index in [9.17, 15) is 0 Å². The summed E-state index contributed by atoms with van der Waals surface area (Å²) in [5, 5.41) is 0. The maximum absolute atomic E-state index is 5.63. The van der Waals surface area contributed by atoms with E-state index in [1.807, 2.05) is 6.92 Å². The lowest BCUT2D eigenvalue weighted by atomic mass is 10.0. The Labute approximate surface area is 155 Å². The van der Waals surface area contributed by atoms with Gasteiger partial charge >= 0.3 is 0 Å². The van der Waals surface area contributed by atoms with E-state index >= 15 is 0 Å². The molecule has 0 unspecified atom stereocenters. The van der Waals surface area contributed by atoms with Crippen LogP contribution in [-0.4, -0.2) is 22.6 Å². The molecule has 4 rings (SSSR count). The van der Waals surface area contributed by atoms with Crippen molar-refractivity contribution in [3.8, 4) is 5.75 Å². The zero-order valence-electron chi connectivity index (χ0n) is 15.3. The van der Waals surface area contributed by atoms with Crippen molar-refractivity contribution in [1.82, 2.24) is 9.47 Å². The molecular formula is C23H26N2O. The molecule has 0 aliphatic carbocycles. The summed E-state index contributed by atoms with van der Waals surface area (Å²) in [7, 11) is 0. The minimum absolute atomic E-state index is 0.267. The fraction of sp³-hybridized carbons (Fsp3) is 0.304. The number of ether oxygens (including phenoxy) is 1. The van der Waals surface area contributed by atoms with Crippen LogP contribution in [0.3, 0.4) is 0 Å². The van der Waals surface area contributed by atoms with Crippen molar-refractivity contribution in [2.75, 3.05) is 13.2 Å². The highest BCUT2D eigenvalue weighted by molar-refractivity contribution is 5.34. The summed E-state index contributed by atoms with van der Waals surface area (Å²) >= 11 is 0. The largest absolute Gasteiger partial charge is 0.494 e. The molecule has 0 amide bonds. The van der Waals surface area contributed by atoms with Gasteiger partial charge in [-0.3, -0.25) is 4.90 Å². The summed E-state index contributed by atoms with van der Waals surface area (Å²) in [5.74, 6) is 0.940. The van der Waals surface area contributed by atoms with Gasteiger partial charge in [0.05, 0.1) is 12.6 Å². The molecule has 1 aliphatic heterocycles. The summed E-state index contributed by atoms with van der Waals surface area (Å²) in [5.41, 5.74) is 4.07. The standard InChI is InChI=1S/C23H26N2O/c1-2-26-21-13-11-20(12-14-21)23-22-10-6-15-24(22)16-7-17-25(23)18-19-8-4-3-5-9-19/h3-6,8-15,23H,2,7,16-18H2,1H3/t23-/m1/s1. The molecule has 0 radical (unpaired) electrons. The topological polar surface area (TPSA) is 17.4 Å². The van der Waals surface area contributed by atoms with Gasteiger partial charge in [-0.1, -0.05) is 42.5 Å². The molecule has 3 heteroatoms. The predicted molar refractivity (Wildman–Crippen MR) is 105 cm³/mol. The summed E-state index contributed by atoms with van der Waals surface area (Å²) < 4.78 is 8.04. The van der Waals surface area contributed by atoms with E-state index in [4.69, 9.17) is 4.74 Å². The molecule has 0 N–H and O–H groups in total. The normalized spacial score (nSPS) is 17.5. The highest BCUT2D eigenvalue weighted by Gasteiger charge is 2.27. The first kappa shape index (κ1) is 16.9. The van der Waals surface area contributed by atoms with Crippen molar-refractivity contribution in [1.29, 1.82) is 0 Å². The molecule has 2 aromatic carbocycles. The Hall–Kier alpha value is -2.52. The first-order valence-corrected chi connectivity index (χ1v) is 9.51. The number of aryl methyl sites for hydroxylation is 1. The smallest absolute Gasteiger partial charge is 0.119 e. The number of benzene rings is 2. The second kappa shape index (κ2) is 7.79. The third-order valence-electron chi connectivity index (χ3n) is 5.09. The lowest BCUT2D eigenvalue weighted by molar-refractivity contribution is 0.220. The molecule has 3 aromatic rings. The Morgan fingerprint density at radius 3 is 2.50 bits per heavy atom. The molecule has 1 atom stereocenters. The van der Waals surface area contributed by atoms with Gasteiger partial charge in [-0.05, 0) is 48.7 Å². The van der Waals surface area contributed by atoms with Gasteiger partial charge in [-0.15, -0.1) is 0 Å². The van der Waals surface area contributed by atoms with E-state index in [1.54, 1.807) is 0 Å². The molecule has 26 heavy (non-hydrogen) atoms. The minimum atomic E-state index is 0.267. The number of fused-ring (bicyclic) bond motifs is 1. The van der Waals surface area contributed by atoms with E-state index in [-0.39, 0.29) is 6.04 Å². The lowest BCUT2D eigenvalue weighted by Gasteiger charge is -2.30. The van der Waals surface area contributed by atoms with E-state index < -0.39 is 0 Å². The second-order valence-corrected chi connectivity index (χ2v) is 6.84. The van der Waals surface area contributed by atoms with Crippen LogP contribution < -0.4 is 4.74 Å². The average molecular weight is 346 g/mol. The minimum Gasteiger partial charge on any atom is -0.494 e. The quantitative estimate of drug-likeness (QED) is 0.655. The van der Waals surface area contributed by atoms with Crippen LogP contribution in [0.15, 0.2) is 72.9 Å². The van der Waals surface area contributed by atoms with Crippen LogP contribution in [0.4, 0.5) is 0 Å². The first-order chi connectivity index (χ1) is 12.8. The Morgan fingerprint density at radius 2 is 1.73 bits per heavy atom. The molecule has 134 valence electrons. The van der Waals surface area contributed by atoms with Crippen LogP contribution in [0.25, 0.3) is 0 Å². The number of nitrogens with zero attached hydrogens (tertiary/aromatic N) is 2. The maximum Gasteiger partial charge on any atom is 0.119 e. The van der Waals surface area contributed by atoms with E-state index in [1.165, 1.54) is 23.2 Å². The van der Waals surface area contributed by atoms with Gasteiger partial charge in [-0.25, -0.2) is 0 Å². The van der Waals surface area contributed by atoms with Gasteiger partial charge in [-0.2, -0.15) is 0 Å². The van der Waals surface area contributed by atoms with Crippen LogP contribution in [0, 0.1) is 0 Å². The van der Waals surface area contributed by atoms with Crippen LogP contribution in [-0.2, 0) is 13.1 Å². The fourth-order valence-corrected chi connectivity index (χ4v) is 3.92. The number of hydrogen-bond acceptors (Lipinski definition) is 2. The van der Waals surface area contributed by atoms with Crippen molar-refractivity contribution in [2.45, 2.75) is 32.5 Å². The van der Waals surface area contributed by atoms with Crippen molar-refractivity contribution in [3.05, 3.63) is 89.7 Å². The summed E-state index contributed by atoms with van der Waals surface area (Å²) in [6.45, 7) is 5.86. The third-order valence-corrected chi connectivity index (χ3v) is 5.09. The first-order valence-electron chi connectivity index (χ1n) is 9.51. The average Bonchev–Trinajstić information content (AvgIpc) is 3.06. The van der Waals surface area contributed by atoms with Crippen molar-refractivity contribution in [3.63, 3.8) is 0 Å². The Kier molecular flexibility index (Phi) is 5.07. The number of aromatic nitrogens is 1. The molecule has 2 heterocycles. The van der Waals surface area contributed by atoms with Crippen molar-refractivity contribution >= 4 is 0 Å². The molecular weight excluding hydrogens is 320 g/mol. The molecule has 0 saturated heterocycles. The van der Waals surface area contributed by atoms with Gasteiger partial charge in [0.2, 0.25) is 0 Å². The van der Waals surface area contributed by atoms with Gasteiger partial charge in [0.25, 0.3) is 0 Å². The molecule has 1 aromatic heterocycles.